The van der Waals surface area contributed by atoms with Crippen molar-refractivity contribution >= 4 is 0 Å². The van der Waals surface area contributed by atoms with E-state index in [1.807, 2.05) is 0 Å². The molecule has 0 radical (unpaired) electrons. The molecule has 0 saturated carbocycles. The van der Waals surface area contributed by atoms with Crippen LogP contribution in [0.4, 0.5) is 8.78 Å². The molecule has 0 spiro atoms. The number of hydrogen-bond acceptors (Lipinski definition) is 2. The van der Waals surface area contributed by atoms with Crippen LogP contribution in [-0.4, -0.2) is 7.11 Å². The number of hydrogen-bond donors (Lipinski definition) is 1. The maximum Gasteiger partial charge on any atom is 0.165 e. The van der Waals surface area contributed by atoms with Crippen molar-refractivity contribution in [2.45, 2.75) is 12.5 Å². The molecule has 0 aromatic heterocycles. The minimum Gasteiger partial charge on any atom is -0.494 e. The Morgan fingerprint density at radius 2 is 1.84 bits per heavy atom. The van der Waals surface area contributed by atoms with E-state index in [0.29, 0.717) is 17.5 Å². The first-order chi connectivity index (χ1) is 9.11. The van der Waals surface area contributed by atoms with E-state index in [2.05, 4.69) is 0 Å². The van der Waals surface area contributed by atoms with Crippen LogP contribution in [0.3, 0.4) is 0 Å². The smallest absolute Gasteiger partial charge is 0.165 e. The summed E-state index contributed by atoms with van der Waals surface area (Å²) in [6.45, 7) is 0. The zero-order chi connectivity index (χ0) is 13.8. The van der Waals surface area contributed by atoms with Gasteiger partial charge in [0, 0.05) is 6.04 Å². The van der Waals surface area contributed by atoms with Gasteiger partial charge >= 0.3 is 0 Å². The van der Waals surface area contributed by atoms with E-state index < -0.39 is 11.9 Å². The van der Waals surface area contributed by atoms with Crippen LogP contribution >= 0.6 is 0 Å². The van der Waals surface area contributed by atoms with Gasteiger partial charge in [0.05, 0.1) is 7.11 Å². The van der Waals surface area contributed by atoms with Gasteiger partial charge in [-0.3, -0.25) is 0 Å². The summed E-state index contributed by atoms with van der Waals surface area (Å²) in [6.07, 6.45) is 0.349. The Bertz CT molecular complexity index is 572. The SMILES string of the molecule is COc1cc(C(N)Cc2ccccc2F)ccc1F. The molecule has 0 bridgehead atoms. The molecule has 2 aromatic rings. The van der Waals surface area contributed by atoms with Crippen molar-refractivity contribution in [1.82, 2.24) is 0 Å². The van der Waals surface area contributed by atoms with Crippen molar-refractivity contribution in [3.05, 3.63) is 65.2 Å². The highest BCUT2D eigenvalue weighted by molar-refractivity contribution is 5.33. The molecule has 0 aliphatic rings. The molecule has 2 rings (SSSR count). The molecule has 1 atom stereocenters. The van der Waals surface area contributed by atoms with Gasteiger partial charge in [-0.05, 0) is 35.7 Å². The lowest BCUT2D eigenvalue weighted by atomic mass is 9.99. The number of ether oxygens (including phenoxy) is 1. The van der Waals surface area contributed by atoms with Crippen molar-refractivity contribution in [1.29, 1.82) is 0 Å². The minimum atomic E-state index is -0.440. The van der Waals surface area contributed by atoms with Gasteiger partial charge in [0.2, 0.25) is 0 Å². The van der Waals surface area contributed by atoms with Gasteiger partial charge in [0.15, 0.2) is 11.6 Å². The Morgan fingerprint density at radius 3 is 2.53 bits per heavy atom. The zero-order valence-electron chi connectivity index (χ0n) is 10.6. The number of benzene rings is 2. The Labute approximate surface area is 110 Å². The standard InChI is InChI=1S/C15H15F2NO/c1-19-15-9-11(6-7-13(15)17)14(18)8-10-4-2-3-5-12(10)16/h2-7,9,14H,8,18H2,1H3. The van der Waals surface area contributed by atoms with E-state index in [-0.39, 0.29) is 11.6 Å². The van der Waals surface area contributed by atoms with Crippen LogP contribution in [0, 0.1) is 11.6 Å². The molecular weight excluding hydrogens is 248 g/mol. The van der Waals surface area contributed by atoms with Crippen LogP contribution in [0.25, 0.3) is 0 Å². The van der Waals surface area contributed by atoms with Gasteiger partial charge in [-0.25, -0.2) is 8.78 Å². The lowest BCUT2D eigenvalue weighted by molar-refractivity contribution is 0.385. The summed E-state index contributed by atoms with van der Waals surface area (Å²) in [5, 5.41) is 0. The number of rotatable bonds is 4. The lowest BCUT2D eigenvalue weighted by Crippen LogP contribution is -2.14. The summed E-state index contributed by atoms with van der Waals surface area (Å²) < 4.78 is 31.7. The summed E-state index contributed by atoms with van der Waals surface area (Å²) in [5.74, 6) is -0.585. The van der Waals surface area contributed by atoms with E-state index in [4.69, 9.17) is 10.5 Å². The fraction of sp³-hybridized carbons (Fsp3) is 0.200. The second kappa shape index (κ2) is 5.80. The molecule has 0 aliphatic heterocycles. The Morgan fingerprint density at radius 1 is 1.11 bits per heavy atom. The van der Waals surface area contributed by atoms with E-state index in [0.717, 1.165) is 0 Å². The van der Waals surface area contributed by atoms with E-state index >= 15 is 0 Å². The average Bonchev–Trinajstić information content (AvgIpc) is 2.42. The van der Waals surface area contributed by atoms with Crippen LogP contribution < -0.4 is 10.5 Å². The van der Waals surface area contributed by atoms with Gasteiger partial charge in [-0.15, -0.1) is 0 Å². The van der Waals surface area contributed by atoms with Gasteiger partial charge < -0.3 is 10.5 Å². The molecule has 0 amide bonds. The predicted molar refractivity (Wildman–Crippen MR) is 70.0 cm³/mol. The second-order valence-electron chi connectivity index (χ2n) is 4.30. The Hall–Kier alpha value is -1.94. The summed E-state index contributed by atoms with van der Waals surface area (Å²) in [7, 11) is 1.39. The third-order valence-electron chi connectivity index (χ3n) is 3.00. The molecule has 0 aliphatic carbocycles. The summed E-state index contributed by atoms with van der Waals surface area (Å²) >= 11 is 0. The number of halogens is 2. The van der Waals surface area contributed by atoms with E-state index in [1.54, 1.807) is 30.3 Å². The van der Waals surface area contributed by atoms with Crippen molar-refractivity contribution in [3.63, 3.8) is 0 Å². The average molecular weight is 263 g/mol. The molecule has 0 heterocycles. The van der Waals surface area contributed by atoms with E-state index in [1.165, 1.54) is 19.2 Å². The first kappa shape index (κ1) is 13.5. The maximum atomic E-state index is 13.5. The number of nitrogens with two attached hydrogens (primary N) is 1. The second-order valence-corrected chi connectivity index (χ2v) is 4.30. The molecule has 4 heteroatoms. The van der Waals surface area contributed by atoms with Crippen LogP contribution in [0.1, 0.15) is 17.2 Å². The molecule has 1 unspecified atom stereocenters. The van der Waals surface area contributed by atoms with Crippen molar-refractivity contribution in [3.8, 4) is 5.75 Å². The molecule has 19 heavy (non-hydrogen) atoms. The van der Waals surface area contributed by atoms with Crippen LogP contribution in [-0.2, 0) is 6.42 Å². The highest BCUT2D eigenvalue weighted by atomic mass is 19.1. The molecule has 2 nitrogen and oxygen atoms in total. The summed E-state index contributed by atoms with van der Waals surface area (Å²) in [6, 6.07) is 10.5. The predicted octanol–water partition coefficient (Wildman–Crippen LogP) is 3.22. The molecule has 2 N–H and O–H groups in total. The van der Waals surface area contributed by atoms with Gasteiger partial charge in [-0.1, -0.05) is 24.3 Å². The number of methoxy groups -OCH3 is 1. The lowest BCUT2D eigenvalue weighted by Gasteiger charge is -2.14. The third kappa shape index (κ3) is 3.09. The Kier molecular flexibility index (Phi) is 4.12. The van der Waals surface area contributed by atoms with Gasteiger partial charge in [-0.2, -0.15) is 0 Å². The highest BCUT2D eigenvalue weighted by Crippen LogP contribution is 2.24. The topological polar surface area (TPSA) is 35.2 Å². The zero-order valence-corrected chi connectivity index (χ0v) is 10.6. The van der Waals surface area contributed by atoms with Gasteiger partial charge in [0.1, 0.15) is 5.82 Å². The molecular formula is C15H15F2NO. The summed E-state index contributed by atoms with van der Waals surface area (Å²) in [5.41, 5.74) is 7.27. The summed E-state index contributed by atoms with van der Waals surface area (Å²) in [4.78, 5) is 0. The molecule has 100 valence electrons. The van der Waals surface area contributed by atoms with Crippen molar-refractivity contribution < 1.29 is 13.5 Å². The Balaban J connectivity index is 2.20. The van der Waals surface area contributed by atoms with Crippen LogP contribution in [0.15, 0.2) is 42.5 Å². The normalized spacial score (nSPS) is 12.2. The minimum absolute atomic E-state index is 0.140. The van der Waals surface area contributed by atoms with Crippen molar-refractivity contribution in [2.24, 2.45) is 5.73 Å². The largest absolute Gasteiger partial charge is 0.494 e. The molecule has 0 fully saturated rings. The van der Waals surface area contributed by atoms with Gasteiger partial charge in [0.25, 0.3) is 0 Å². The van der Waals surface area contributed by atoms with E-state index in [9.17, 15) is 8.78 Å². The van der Waals surface area contributed by atoms with Crippen LogP contribution in [0.5, 0.6) is 5.75 Å². The molecule has 0 saturated heterocycles. The fourth-order valence-electron chi connectivity index (χ4n) is 1.93. The maximum absolute atomic E-state index is 13.5. The first-order valence-corrected chi connectivity index (χ1v) is 5.94. The molecule has 2 aromatic carbocycles. The van der Waals surface area contributed by atoms with Crippen molar-refractivity contribution in [2.75, 3.05) is 7.11 Å². The monoisotopic (exact) mass is 263 g/mol. The first-order valence-electron chi connectivity index (χ1n) is 5.94. The van der Waals surface area contributed by atoms with Crippen LogP contribution in [0.2, 0.25) is 0 Å². The highest BCUT2D eigenvalue weighted by Gasteiger charge is 2.12. The fourth-order valence-corrected chi connectivity index (χ4v) is 1.93. The third-order valence-corrected chi connectivity index (χ3v) is 3.00. The quantitative estimate of drug-likeness (QED) is 0.919.